The maximum atomic E-state index is 13.6. The first-order chi connectivity index (χ1) is 8.90. The van der Waals surface area contributed by atoms with Gasteiger partial charge in [-0.05, 0) is 49.2 Å². The van der Waals surface area contributed by atoms with Gasteiger partial charge in [-0.2, -0.15) is 0 Å². The van der Waals surface area contributed by atoms with Gasteiger partial charge in [0, 0.05) is 11.6 Å². The van der Waals surface area contributed by atoms with Crippen molar-refractivity contribution in [2.45, 2.75) is 13.8 Å². The Labute approximate surface area is 108 Å². The van der Waals surface area contributed by atoms with Gasteiger partial charge in [0.05, 0.1) is 5.56 Å². The maximum Gasteiger partial charge on any atom is 0.196 e. The van der Waals surface area contributed by atoms with E-state index in [4.69, 9.17) is 0 Å². The first kappa shape index (κ1) is 13.3. The molecule has 0 saturated carbocycles. The minimum atomic E-state index is -0.920. The number of benzene rings is 2. The summed E-state index contributed by atoms with van der Waals surface area (Å²) in [5.74, 6) is -2.68. The fourth-order valence-electron chi connectivity index (χ4n) is 1.86. The third-order valence-corrected chi connectivity index (χ3v) is 2.93. The second-order valence-corrected chi connectivity index (χ2v) is 4.37. The van der Waals surface area contributed by atoms with Gasteiger partial charge in [0.1, 0.15) is 17.5 Å². The van der Waals surface area contributed by atoms with E-state index in [2.05, 4.69) is 0 Å². The predicted octanol–water partition coefficient (Wildman–Crippen LogP) is 3.95. The predicted molar refractivity (Wildman–Crippen MR) is 65.7 cm³/mol. The van der Waals surface area contributed by atoms with Crippen LogP contribution in [0, 0.1) is 31.3 Å². The van der Waals surface area contributed by atoms with Crippen molar-refractivity contribution < 1.29 is 18.0 Å². The Balaban J connectivity index is 2.53. The van der Waals surface area contributed by atoms with Crippen molar-refractivity contribution in [3.05, 3.63) is 70.0 Å². The number of ketones is 1. The monoisotopic (exact) mass is 264 g/mol. The van der Waals surface area contributed by atoms with Gasteiger partial charge in [0.2, 0.25) is 0 Å². The Hall–Kier alpha value is -2.10. The fraction of sp³-hybridized carbons (Fsp3) is 0.133. The SMILES string of the molecule is Cc1cc(C(=O)c2ccc(F)cc2C)c(F)cc1F. The highest BCUT2D eigenvalue weighted by molar-refractivity contribution is 6.10. The third-order valence-electron chi connectivity index (χ3n) is 2.93. The van der Waals surface area contributed by atoms with Gasteiger partial charge >= 0.3 is 0 Å². The van der Waals surface area contributed by atoms with Crippen LogP contribution >= 0.6 is 0 Å². The van der Waals surface area contributed by atoms with E-state index in [0.29, 0.717) is 11.6 Å². The summed E-state index contributed by atoms with van der Waals surface area (Å²) in [6, 6.07) is 5.47. The first-order valence-electron chi connectivity index (χ1n) is 5.66. The summed E-state index contributed by atoms with van der Waals surface area (Å²) in [7, 11) is 0. The van der Waals surface area contributed by atoms with Crippen molar-refractivity contribution in [2.75, 3.05) is 0 Å². The van der Waals surface area contributed by atoms with E-state index >= 15 is 0 Å². The molecule has 0 aliphatic heterocycles. The Morgan fingerprint density at radius 2 is 1.53 bits per heavy atom. The van der Waals surface area contributed by atoms with Crippen molar-refractivity contribution in [3.8, 4) is 0 Å². The van der Waals surface area contributed by atoms with Gasteiger partial charge in [0.15, 0.2) is 5.78 Å². The summed E-state index contributed by atoms with van der Waals surface area (Å²) < 4.78 is 39.8. The summed E-state index contributed by atoms with van der Waals surface area (Å²) in [5.41, 5.74) is 0.579. The third kappa shape index (κ3) is 2.52. The quantitative estimate of drug-likeness (QED) is 0.750. The second-order valence-electron chi connectivity index (χ2n) is 4.37. The molecule has 4 heteroatoms. The zero-order chi connectivity index (χ0) is 14.2. The van der Waals surface area contributed by atoms with E-state index in [0.717, 1.165) is 12.1 Å². The number of aryl methyl sites for hydroxylation is 2. The van der Waals surface area contributed by atoms with Gasteiger partial charge < -0.3 is 0 Å². The van der Waals surface area contributed by atoms with Crippen LogP contribution in [-0.4, -0.2) is 5.78 Å². The lowest BCUT2D eigenvalue weighted by Crippen LogP contribution is -2.08. The highest BCUT2D eigenvalue weighted by Crippen LogP contribution is 2.20. The van der Waals surface area contributed by atoms with Crippen molar-refractivity contribution in [1.29, 1.82) is 0 Å². The molecular weight excluding hydrogens is 253 g/mol. The van der Waals surface area contributed by atoms with E-state index in [1.54, 1.807) is 6.92 Å². The van der Waals surface area contributed by atoms with Crippen molar-refractivity contribution in [3.63, 3.8) is 0 Å². The van der Waals surface area contributed by atoms with Crippen LogP contribution < -0.4 is 0 Å². The molecule has 0 atom stereocenters. The van der Waals surface area contributed by atoms with E-state index in [-0.39, 0.29) is 16.7 Å². The molecule has 2 aromatic carbocycles. The smallest absolute Gasteiger partial charge is 0.196 e. The highest BCUT2D eigenvalue weighted by atomic mass is 19.1. The molecular formula is C15H11F3O. The molecule has 0 radical (unpaired) electrons. The summed E-state index contributed by atoms with van der Waals surface area (Å²) >= 11 is 0. The van der Waals surface area contributed by atoms with Gasteiger partial charge in [-0.25, -0.2) is 13.2 Å². The number of carbonyl (C=O) groups is 1. The van der Waals surface area contributed by atoms with Crippen LogP contribution in [0.4, 0.5) is 13.2 Å². The largest absolute Gasteiger partial charge is 0.288 e. The topological polar surface area (TPSA) is 17.1 Å². The Kier molecular flexibility index (Phi) is 3.42. The van der Waals surface area contributed by atoms with Gasteiger partial charge in [-0.15, -0.1) is 0 Å². The number of carbonyl (C=O) groups excluding carboxylic acids is 1. The van der Waals surface area contributed by atoms with Gasteiger partial charge in [0.25, 0.3) is 0 Å². The number of hydrogen-bond acceptors (Lipinski definition) is 1. The van der Waals surface area contributed by atoms with Crippen molar-refractivity contribution >= 4 is 5.78 Å². The van der Waals surface area contributed by atoms with Crippen LogP contribution in [0.5, 0.6) is 0 Å². The molecule has 0 fully saturated rings. The lowest BCUT2D eigenvalue weighted by Gasteiger charge is -2.07. The summed E-state index contributed by atoms with van der Waals surface area (Å²) in [5, 5.41) is 0. The molecule has 0 aliphatic carbocycles. The first-order valence-corrected chi connectivity index (χ1v) is 5.66. The van der Waals surface area contributed by atoms with Crippen molar-refractivity contribution in [2.24, 2.45) is 0 Å². The Morgan fingerprint density at radius 1 is 0.842 bits per heavy atom. The van der Waals surface area contributed by atoms with E-state index in [1.807, 2.05) is 0 Å². The van der Waals surface area contributed by atoms with E-state index < -0.39 is 23.2 Å². The molecule has 0 heterocycles. The minimum Gasteiger partial charge on any atom is -0.288 e. The number of hydrogen-bond donors (Lipinski definition) is 0. The fourth-order valence-corrected chi connectivity index (χ4v) is 1.86. The van der Waals surface area contributed by atoms with Crippen LogP contribution in [-0.2, 0) is 0 Å². The molecule has 2 rings (SSSR count). The van der Waals surface area contributed by atoms with Crippen LogP contribution in [0.3, 0.4) is 0 Å². The van der Waals surface area contributed by atoms with Crippen LogP contribution in [0.2, 0.25) is 0 Å². The molecule has 19 heavy (non-hydrogen) atoms. The molecule has 0 amide bonds. The molecule has 1 nitrogen and oxygen atoms in total. The summed E-state index contributed by atoms with van der Waals surface area (Å²) in [4.78, 5) is 12.2. The molecule has 0 bridgehead atoms. The van der Waals surface area contributed by atoms with Crippen LogP contribution in [0.1, 0.15) is 27.0 Å². The van der Waals surface area contributed by atoms with Crippen LogP contribution in [0.25, 0.3) is 0 Å². The standard InChI is InChI=1S/C15H11F3O/c1-8-5-10(16)3-4-11(8)15(19)12-6-9(2)13(17)7-14(12)18/h3-7H,1-2H3. The summed E-state index contributed by atoms with van der Waals surface area (Å²) in [6.07, 6.45) is 0. The Morgan fingerprint density at radius 3 is 2.16 bits per heavy atom. The molecule has 0 aliphatic rings. The minimum absolute atomic E-state index is 0.185. The summed E-state index contributed by atoms with van der Waals surface area (Å²) in [6.45, 7) is 3.01. The highest BCUT2D eigenvalue weighted by Gasteiger charge is 2.18. The molecule has 2 aromatic rings. The molecule has 98 valence electrons. The average Bonchev–Trinajstić information content (AvgIpc) is 2.33. The lowest BCUT2D eigenvalue weighted by molar-refractivity contribution is 0.103. The molecule has 0 saturated heterocycles. The molecule has 0 spiro atoms. The molecule has 0 unspecified atom stereocenters. The number of rotatable bonds is 2. The zero-order valence-electron chi connectivity index (χ0n) is 10.4. The van der Waals surface area contributed by atoms with Crippen molar-refractivity contribution in [1.82, 2.24) is 0 Å². The maximum absolute atomic E-state index is 13.6. The van der Waals surface area contributed by atoms with E-state index in [1.165, 1.54) is 19.1 Å². The Bertz CT molecular complexity index is 663. The van der Waals surface area contributed by atoms with E-state index in [9.17, 15) is 18.0 Å². The lowest BCUT2D eigenvalue weighted by atomic mass is 9.97. The number of halogens is 3. The molecule has 0 N–H and O–H groups in total. The second kappa shape index (κ2) is 4.88. The normalized spacial score (nSPS) is 10.6. The zero-order valence-corrected chi connectivity index (χ0v) is 10.4. The average molecular weight is 264 g/mol. The van der Waals surface area contributed by atoms with Crippen LogP contribution in [0.15, 0.2) is 30.3 Å². The van der Waals surface area contributed by atoms with Gasteiger partial charge in [-0.1, -0.05) is 0 Å². The van der Waals surface area contributed by atoms with Gasteiger partial charge in [-0.3, -0.25) is 4.79 Å². The molecule has 0 aromatic heterocycles.